The molecular weight excluding hydrogens is 277 g/mol. The second-order valence-electron chi connectivity index (χ2n) is 4.69. The molecule has 2 nitrogen and oxygen atoms in total. The number of nitrogens with one attached hydrogen (secondary N) is 1. The quantitative estimate of drug-likeness (QED) is 0.903. The minimum absolute atomic E-state index is 0.200. The fraction of sp³-hybridized carbons (Fsp3) is 0.188. The van der Waals surface area contributed by atoms with Crippen LogP contribution in [-0.2, 0) is 12.7 Å². The van der Waals surface area contributed by atoms with E-state index >= 15 is 0 Å². The number of hydrogen-bond donors (Lipinski definition) is 1. The molecule has 1 N–H and O–H groups in total. The first kappa shape index (κ1) is 14.9. The Morgan fingerprint density at radius 3 is 2.33 bits per heavy atom. The van der Waals surface area contributed by atoms with Gasteiger partial charge in [-0.3, -0.25) is 0 Å². The summed E-state index contributed by atoms with van der Waals surface area (Å²) in [7, 11) is 0. The molecule has 108 valence electrons. The maximum atomic E-state index is 12.8. The average Bonchev–Trinajstić information content (AvgIpc) is 2.45. The number of benzene rings is 2. The summed E-state index contributed by atoms with van der Waals surface area (Å²) in [5.74, 6) is 0. The Labute approximate surface area is 120 Å². The lowest BCUT2D eigenvalue weighted by atomic mass is 10.1. The first-order valence-corrected chi connectivity index (χ1v) is 6.31. The van der Waals surface area contributed by atoms with E-state index in [0.29, 0.717) is 17.8 Å². The number of anilines is 1. The summed E-state index contributed by atoms with van der Waals surface area (Å²) >= 11 is 0. The highest BCUT2D eigenvalue weighted by Gasteiger charge is 2.32. The van der Waals surface area contributed by atoms with Crippen LogP contribution in [0.3, 0.4) is 0 Å². The lowest BCUT2D eigenvalue weighted by Gasteiger charge is -2.13. The fourth-order valence-corrected chi connectivity index (χ4v) is 1.94. The maximum absolute atomic E-state index is 12.8. The number of hydrogen-bond acceptors (Lipinski definition) is 2. The smallest absolute Gasteiger partial charge is 0.381 e. The molecule has 0 aliphatic rings. The predicted octanol–water partition coefficient (Wildman–Crippen LogP) is 4.50. The van der Waals surface area contributed by atoms with E-state index in [9.17, 15) is 13.2 Å². The number of halogens is 3. The molecule has 0 spiro atoms. The van der Waals surface area contributed by atoms with Gasteiger partial charge in [0.05, 0.1) is 17.2 Å². The van der Waals surface area contributed by atoms with Crippen molar-refractivity contribution in [3.8, 4) is 6.07 Å². The minimum Gasteiger partial charge on any atom is -0.381 e. The summed E-state index contributed by atoms with van der Waals surface area (Å²) < 4.78 is 38.5. The molecule has 2 aromatic rings. The van der Waals surface area contributed by atoms with E-state index in [4.69, 9.17) is 5.26 Å². The van der Waals surface area contributed by atoms with Crippen LogP contribution >= 0.6 is 0 Å². The number of alkyl halides is 3. The number of rotatable bonds is 3. The SMILES string of the molecule is Cc1ccc(NCc2ccc(C#N)cc2)cc1C(F)(F)F. The van der Waals surface area contributed by atoms with E-state index < -0.39 is 11.7 Å². The maximum Gasteiger partial charge on any atom is 0.416 e. The second kappa shape index (κ2) is 5.88. The van der Waals surface area contributed by atoms with Gasteiger partial charge in [0, 0.05) is 12.2 Å². The molecule has 0 atom stereocenters. The zero-order chi connectivity index (χ0) is 15.5. The molecule has 5 heteroatoms. The van der Waals surface area contributed by atoms with Crippen molar-refractivity contribution in [2.45, 2.75) is 19.6 Å². The monoisotopic (exact) mass is 290 g/mol. The standard InChI is InChI=1S/C16H13F3N2/c1-11-2-7-14(8-15(11)16(17,18)19)21-10-13-5-3-12(9-20)4-6-13/h2-8,21H,10H2,1H3. The van der Waals surface area contributed by atoms with Crippen molar-refractivity contribution in [3.05, 3.63) is 64.7 Å². The lowest BCUT2D eigenvalue weighted by Crippen LogP contribution is -2.09. The van der Waals surface area contributed by atoms with Crippen molar-refractivity contribution in [2.24, 2.45) is 0 Å². The van der Waals surface area contributed by atoms with E-state index in [0.717, 1.165) is 11.6 Å². The van der Waals surface area contributed by atoms with E-state index in [1.54, 1.807) is 30.3 Å². The Bertz CT molecular complexity index is 667. The Kier molecular flexibility index (Phi) is 4.18. The number of nitrogens with zero attached hydrogens (tertiary/aromatic N) is 1. The number of nitriles is 1. The predicted molar refractivity (Wildman–Crippen MR) is 74.7 cm³/mol. The van der Waals surface area contributed by atoms with Crippen LogP contribution in [0.2, 0.25) is 0 Å². The Morgan fingerprint density at radius 2 is 1.76 bits per heavy atom. The fourth-order valence-electron chi connectivity index (χ4n) is 1.94. The van der Waals surface area contributed by atoms with Gasteiger partial charge in [-0.05, 0) is 42.3 Å². The third-order valence-corrected chi connectivity index (χ3v) is 3.12. The van der Waals surface area contributed by atoms with Gasteiger partial charge in [0.2, 0.25) is 0 Å². The van der Waals surface area contributed by atoms with Gasteiger partial charge in [-0.15, -0.1) is 0 Å². The van der Waals surface area contributed by atoms with Gasteiger partial charge in [-0.1, -0.05) is 18.2 Å². The summed E-state index contributed by atoms with van der Waals surface area (Å²) in [4.78, 5) is 0. The molecule has 21 heavy (non-hydrogen) atoms. The Morgan fingerprint density at radius 1 is 1.10 bits per heavy atom. The topological polar surface area (TPSA) is 35.8 Å². The normalized spacial score (nSPS) is 11.0. The molecule has 0 aliphatic carbocycles. The van der Waals surface area contributed by atoms with Crippen molar-refractivity contribution < 1.29 is 13.2 Å². The summed E-state index contributed by atoms with van der Waals surface area (Å²) in [5, 5.41) is 11.7. The Balaban J connectivity index is 2.11. The highest BCUT2D eigenvalue weighted by Crippen LogP contribution is 2.33. The largest absolute Gasteiger partial charge is 0.416 e. The van der Waals surface area contributed by atoms with E-state index in [1.807, 2.05) is 6.07 Å². The molecule has 0 saturated heterocycles. The van der Waals surface area contributed by atoms with Gasteiger partial charge in [0.1, 0.15) is 0 Å². The van der Waals surface area contributed by atoms with Crippen molar-refractivity contribution in [1.82, 2.24) is 0 Å². The van der Waals surface area contributed by atoms with E-state index in [1.165, 1.54) is 13.0 Å². The van der Waals surface area contributed by atoms with Crippen LogP contribution < -0.4 is 5.32 Å². The van der Waals surface area contributed by atoms with Gasteiger partial charge < -0.3 is 5.32 Å². The van der Waals surface area contributed by atoms with Crippen molar-refractivity contribution in [2.75, 3.05) is 5.32 Å². The molecule has 0 amide bonds. The molecule has 0 fully saturated rings. The molecule has 0 bridgehead atoms. The second-order valence-corrected chi connectivity index (χ2v) is 4.69. The average molecular weight is 290 g/mol. The summed E-state index contributed by atoms with van der Waals surface area (Å²) in [6.07, 6.45) is -4.35. The van der Waals surface area contributed by atoms with Crippen molar-refractivity contribution >= 4 is 5.69 Å². The molecule has 0 radical (unpaired) electrons. The van der Waals surface area contributed by atoms with E-state index in [-0.39, 0.29) is 5.56 Å². The summed E-state index contributed by atoms with van der Waals surface area (Å²) in [6.45, 7) is 1.83. The molecule has 0 saturated carbocycles. The van der Waals surface area contributed by atoms with E-state index in [2.05, 4.69) is 5.32 Å². The zero-order valence-electron chi connectivity index (χ0n) is 11.3. The van der Waals surface area contributed by atoms with Gasteiger partial charge in [-0.25, -0.2) is 0 Å². The summed E-state index contributed by atoms with van der Waals surface area (Å²) in [5.41, 5.74) is 1.42. The first-order valence-electron chi connectivity index (χ1n) is 6.31. The third-order valence-electron chi connectivity index (χ3n) is 3.12. The van der Waals surface area contributed by atoms with Crippen LogP contribution in [0.15, 0.2) is 42.5 Å². The van der Waals surface area contributed by atoms with Crippen LogP contribution in [0, 0.1) is 18.3 Å². The minimum atomic E-state index is -4.35. The highest BCUT2D eigenvalue weighted by atomic mass is 19.4. The van der Waals surface area contributed by atoms with Gasteiger partial charge in [0.25, 0.3) is 0 Å². The molecule has 0 aliphatic heterocycles. The van der Waals surface area contributed by atoms with Gasteiger partial charge in [-0.2, -0.15) is 18.4 Å². The van der Waals surface area contributed by atoms with Crippen LogP contribution in [0.1, 0.15) is 22.3 Å². The zero-order valence-corrected chi connectivity index (χ0v) is 11.3. The molecule has 0 unspecified atom stereocenters. The van der Waals surface area contributed by atoms with Gasteiger partial charge in [0.15, 0.2) is 0 Å². The summed E-state index contributed by atoms with van der Waals surface area (Å²) in [6, 6.07) is 13.1. The van der Waals surface area contributed by atoms with Crippen LogP contribution in [0.25, 0.3) is 0 Å². The van der Waals surface area contributed by atoms with Gasteiger partial charge >= 0.3 is 6.18 Å². The third kappa shape index (κ3) is 3.76. The Hall–Kier alpha value is -2.48. The lowest BCUT2D eigenvalue weighted by molar-refractivity contribution is -0.138. The van der Waals surface area contributed by atoms with Crippen molar-refractivity contribution in [1.29, 1.82) is 5.26 Å². The molecule has 0 heterocycles. The molecular formula is C16H13F3N2. The molecule has 2 rings (SSSR count). The highest BCUT2D eigenvalue weighted by molar-refractivity contribution is 5.50. The van der Waals surface area contributed by atoms with Crippen LogP contribution in [0.5, 0.6) is 0 Å². The molecule has 2 aromatic carbocycles. The first-order chi connectivity index (χ1) is 9.90. The van der Waals surface area contributed by atoms with Crippen LogP contribution in [-0.4, -0.2) is 0 Å². The molecule has 0 aromatic heterocycles. The van der Waals surface area contributed by atoms with Crippen LogP contribution in [0.4, 0.5) is 18.9 Å². The van der Waals surface area contributed by atoms with Crippen molar-refractivity contribution in [3.63, 3.8) is 0 Å². The number of aryl methyl sites for hydroxylation is 1.